The third kappa shape index (κ3) is 2.29. The van der Waals surface area contributed by atoms with Crippen LogP contribution in [0.4, 0.5) is 5.82 Å². The number of hydrogen-bond donors (Lipinski definition) is 2. The minimum absolute atomic E-state index is 0.142. The molecule has 1 rings (SSSR count). The number of carboxylic acid groups (broad SMARTS) is 1. The fourth-order valence-electron chi connectivity index (χ4n) is 1.00. The van der Waals surface area contributed by atoms with Crippen LogP contribution in [0.1, 0.15) is 22.8 Å². The zero-order chi connectivity index (χ0) is 10.7. The molecule has 0 spiro atoms. The molecular weight excluding hydrogens is 184 g/mol. The summed E-state index contributed by atoms with van der Waals surface area (Å²) in [6.45, 7) is 2.98. The Morgan fingerprint density at radius 2 is 2.14 bits per heavy atom. The number of aromatic carboxylic acids is 1. The molecule has 0 fully saturated rings. The van der Waals surface area contributed by atoms with Gasteiger partial charge in [0.15, 0.2) is 0 Å². The van der Waals surface area contributed by atoms with Gasteiger partial charge in [-0.3, -0.25) is 4.79 Å². The molecule has 1 aromatic heterocycles. The number of nitrogens with one attached hydrogen (secondary N) is 1. The second kappa shape index (κ2) is 3.87. The summed E-state index contributed by atoms with van der Waals surface area (Å²) in [4.78, 5) is 25.3. The average Bonchev–Trinajstić information content (AvgIpc) is 2.07. The first kappa shape index (κ1) is 10.2. The summed E-state index contributed by atoms with van der Waals surface area (Å²) >= 11 is 0. The lowest BCUT2D eigenvalue weighted by Crippen LogP contribution is -2.09. The molecule has 2 N–H and O–H groups in total. The van der Waals surface area contributed by atoms with E-state index in [1.54, 1.807) is 6.92 Å². The number of aryl methyl sites for hydroxylation is 1. The van der Waals surface area contributed by atoms with Crippen LogP contribution >= 0.6 is 0 Å². The highest BCUT2D eigenvalue weighted by Gasteiger charge is 2.08. The van der Waals surface area contributed by atoms with Crippen LogP contribution in [0.5, 0.6) is 0 Å². The maximum absolute atomic E-state index is 10.7. The highest BCUT2D eigenvalue weighted by molar-refractivity contribution is 5.92. The predicted octanol–water partition coefficient (Wildman–Crippen LogP) is 1.05. The Bertz CT molecular complexity index is 388. The number of amides is 1. The molecule has 0 radical (unpaired) electrons. The van der Waals surface area contributed by atoms with E-state index in [0.717, 1.165) is 0 Å². The first-order valence-electron chi connectivity index (χ1n) is 3.98. The Kier molecular flexibility index (Phi) is 2.81. The lowest BCUT2D eigenvalue weighted by atomic mass is 10.1. The number of rotatable bonds is 2. The number of carbonyl (C=O) groups is 2. The van der Waals surface area contributed by atoms with Gasteiger partial charge in [0.2, 0.25) is 5.91 Å². The van der Waals surface area contributed by atoms with Gasteiger partial charge in [-0.25, -0.2) is 9.78 Å². The van der Waals surface area contributed by atoms with Gasteiger partial charge in [-0.05, 0) is 18.6 Å². The smallest absolute Gasteiger partial charge is 0.336 e. The molecule has 0 aromatic carbocycles. The summed E-state index contributed by atoms with van der Waals surface area (Å²) in [6.07, 6.45) is 1.41. The molecule has 1 aromatic rings. The van der Waals surface area contributed by atoms with Gasteiger partial charge in [0.05, 0.1) is 5.56 Å². The minimum atomic E-state index is -1.03. The molecule has 5 heteroatoms. The fraction of sp³-hybridized carbons (Fsp3) is 0.222. The van der Waals surface area contributed by atoms with Crippen LogP contribution in [0.3, 0.4) is 0 Å². The minimum Gasteiger partial charge on any atom is -0.478 e. The molecule has 1 amide bonds. The van der Waals surface area contributed by atoms with E-state index in [1.807, 2.05) is 0 Å². The second-order valence-corrected chi connectivity index (χ2v) is 2.87. The van der Waals surface area contributed by atoms with E-state index in [-0.39, 0.29) is 17.3 Å². The van der Waals surface area contributed by atoms with Crippen molar-refractivity contribution in [3.05, 3.63) is 23.4 Å². The van der Waals surface area contributed by atoms with Crippen molar-refractivity contribution in [3.8, 4) is 0 Å². The van der Waals surface area contributed by atoms with Crippen LogP contribution in [0.2, 0.25) is 0 Å². The third-order valence-electron chi connectivity index (χ3n) is 1.64. The Morgan fingerprint density at radius 1 is 1.50 bits per heavy atom. The van der Waals surface area contributed by atoms with Crippen LogP contribution in [0, 0.1) is 6.92 Å². The van der Waals surface area contributed by atoms with Crippen LogP contribution in [0.15, 0.2) is 12.3 Å². The summed E-state index contributed by atoms with van der Waals surface area (Å²) in [7, 11) is 0. The van der Waals surface area contributed by atoms with Crippen molar-refractivity contribution in [2.75, 3.05) is 5.32 Å². The molecule has 0 bridgehead atoms. The van der Waals surface area contributed by atoms with Crippen molar-refractivity contribution in [2.45, 2.75) is 13.8 Å². The Hall–Kier alpha value is -1.91. The van der Waals surface area contributed by atoms with Crippen LogP contribution < -0.4 is 5.32 Å². The highest BCUT2D eigenvalue weighted by Crippen LogP contribution is 2.11. The van der Waals surface area contributed by atoms with E-state index in [0.29, 0.717) is 5.56 Å². The number of aromatic nitrogens is 1. The Morgan fingerprint density at radius 3 is 2.64 bits per heavy atom. The van der Waals surface area contributed by atoms with E-state index in [1.165, 1.54) is 19.2 Å². The van der Waals surface area contributed by atoms with Crippen molar-refractivity contribution >= 4 is 17.7 Å². The number of nitrogens with zero attached hydrogens (tertiary/aromatic N) is 1. The van der Waals surface area contributed by atoms with E-state index in [9.17, 15) is 9.59 Å². The fourth-order valence-corrected chi connectivity index (χ4v) is 1.00. The van der Waals surface area contributed by atoms with Gasteiger partial charge < -0.3 is 10.4 Å². The van der Waals surface area contributed by atoms with Gasteiger partial charge in [0.1, 0.15) is 5.82 Å². The predicted molar refractivity (Wildman–Crippen MR) is 50.2 cm³/mol. The monoisotopic (exact) mass is 194 g/mol. The maximum atomic E-state index is 10.7. The lowest BCUT2D eigenvalue weighted by molar-refractivity contribution is -0.114. The van der Waals surface area contributed by atoms with Crippen molar-refractivity contribution in [3.63, 3.8) is 0 Å². The maximum Gasteiger partial charge on any atom is 0.336 e. The van der Waals surface area contributed by atoms with Crippen molar-refractivity contribution in [1.29, 1.82) is 0 Å². The van der Waals surface area contributed by atoms with Crippen molar-refractivity contribution < 1.29 is 14.7 Å². The number of carbonyl (C=O) groups excluding carboxylic acids is 1. The van der Waals surface area contributed by atoms with Gasteiger partial charge in [0.25, 0.3) is 0 Å². The van der Waals surface area contributed by atoms with Crippen molar-refractivity contribution in [2.24, 2.45) is 0 Å². The largest absolute Gasteiger partial charge is 0.478 e. The molecule has 0 saturated carbocycles. The molecule has 0 saturated heterocycles. The molecule has 0 atom stereocenters. The molecule has 14 heavy (non-hydrogen) atoms. The van der Waals surface area contributed by atoms with E-state index < -0.39 is 5.97 Å². The number of anilines is 1. The molecule has 0 unspecified atom stereocenters. The second-order valence-electron chi connectivity index (χ2n) is 2.87. The molecular formula is C9H10N2O3. The summed E-state index contributed by atoms with van der Waals surface area (Å²) < 4.78 is 0. The molecule has 74 valence electrons. The highest BCUT2D eigenvalue weighted by atomic mass is 16.4. The molecule has 5 nitrogen and oxygen atoms in total. The molecule has 0 aliphatic rings. The summed E-state index contributed by atoms with van der Waals surface area (Å²) in [5.41, 5.74) is 0.704. The van der Waals surface area contributed by atoms with Crippen LogP contribution in [-0.4, -0.2) is 22.0 Å². The quantitative estimate of drug-likeness (QED) is 0.737. The SMILES string of the molecule is CC(=O)Nc1cc(C(=O)O)c(C)cn1. The molecule has 0 aliphatic carbocycles. The van der Waals surface area contributed by atoms with Crippen LogP contribution in [-0.2, 0) is 4.79 Å². The normalized spacial score (nSPS) is 9.57. The topological polar surface area (TPSA) is 79.3 Å². The van der Waals surface area contributed by atoms with Gasteiger partial charge in [0, 0.05) is 13.1 Å². The van der Waals surface area contributed by atoms with Gasteiger partial charge in [-0.2, -0.15) is 0 Å². The number of hydrogen-bond acceptors (Lipinski definition) is 3. The Balaban J connectivity index is 3.06. The third-order valence-corrected chi connectivity index (χ3v) is 1.64. The average molecular weight is 194 g/mol. The zero-order valence-corrected chi connectivity index (χ0v) is 7.87. The first-order chi connectivity index (χ1) is 6.50. The van der Waals surface area contributed by atoms with Gasteiger partial charge >= 0.3 is 5.97 Å². The summed E-state index contributed by atoms with van der Waals surface area (Å²) in [5.74, 6) is -1.06. The Labute approximate surface area is 80.8 Å². The first-order valence-corrected chi connectivity index (χ1v) is 3.98. The van der Waals surface area contributed by atoms with Crippen molar-refractivity contribution in [1.82, 2.24) is 4.98 Å². The number of pyridine rings is 1. The summed E-state index contributed by atoms with van der Waals surface area (Å²) in [6, 6.07) is 1.33. The summed E-state index contributed by atoms with van der Waals surface area (Å²) in [5, 5.41) is 11.2. The lowest BCUT2D eigenvalue weighted by Gasteiger charge is -2.04. The van der Waals surface area contributed by atoms with Crippen LogP contribution in [0.25, 0.3) is 0 Å². The standard InChI is InChI=1S/C9H10N2O3/c1-5-4-10-8(11-6(2)12)3-7(5)9(13)14/h3-4H,1-2H3,(H,13,14)(H,10,11,12). The van der Waals surface area contributed by atoms with Gasteiger partial charge in [-0.15, -0.1) is 0 Å². The van der Waals surface area contributed by atoms with Gasteiger partial charge in [-0.1, -0.05) is 0 Å². The molecule has 1 heterocycles. The van der Waals surface area contributed by atoms with E-state index in [2.05, 4.69) is 10.3 Å². The molecule has 0 aliphatic heterocycles. The van der Waals surface area contributed by atoms with E-state index in [4.69, 9.17) is 5.11 Å². The number of carboxylic acids is 1. The van der Waals surface area contributed by atoms with E-state index >= 15 is 0 Å². The zero-order valence-electron chi connectivity index (χ0n) is 7.87.